The van der Waals surface area contributed by atoms with Crippen molar-refractivity contribution in [1.29, 1.82) is 0 Å². The van der Waals surface area contributed by atoms with E-state index in [1.807, 2.05) is 36.4 Å². The highest BCUT2D eigenvalue weighted by molar-refractivity contribution is 6.18. The molecule has 0 aliphatic rings. The second-order valence-corrected chi connectivity index (χ2v) is 6.91. The molecule has 0 unspecified atom stereocenters. The van der Waals surface area contributed by atoms with E-state index < -0.39 is 0 Å². The highest BCUT2D eigenvalue weighted by atomic mass is 35.5. The first-order valence-electron chi connectivity index (χ1n) is 8.80. The Kier molecular flexibility index (Phi) is 6.85. The van der Waals surface area contributed by atoms with Crippen molar-refractivity contribution in [3.8, 4) is 0 Å². The van der Waals surface area contributed by atoms with Gasteiger partial charge in [-0.2, -0.15) is 0 Å². The summed E-state index contributed by atoms with van der Waals surface area (Å²) in [6.45, 7) is 1.48. The topological polar surface area (TPSA) is 58.7 Å². The van der Waals surface area contributed by atoms with Crippen molar-refractivity contribution < 1.29 is 4.92 Å². The van der Waals surface area contributed by atoms with Gasteiger partial charge in [-0.15, -0.1) is 23.2 Å². The normalized spacial score (nSPS) is 11.2. The predicted octanol–water partition coefficient (Wildman–Crippen LogP) is 5.78. The Labute approximate surface area is 173 Å². The number of nitro benzene ring substituents is 1. The Morgan fingerprint density at radius 1 is 1.00 bits per heavy atom. The Morgan fingerprint density at radius 2 is 1.71 bits per heavy atom. The van der Waals surface area contributed by atoms with Crippen LogP contribution in [0.25, 0.3) is 10.8 Å². The zero-order chi connectivity index (χ0) is 19.9. The second-order valence-electron chi connectivity index (χ2n) is 6.15. The van der Waals surface area contributed by atoms with E-state index in [0.717, 1.165) is 35.4 Å². The van der Waals surface area contributed by atoms with Crippen LogP contribution in [-0.2, 0) is 0 Å². The molecular formula is C21H19Cl2N3O2. The van der Waals surface area contributed by atoms with E-state index in [1.165, 1.54) is 6.07 Å². The summed E-state index contributed by atoms with van der Waals surface area (Å²) in [5, 5.41) is 12.5. The summed E-state index contributed by atoms with van der Waals surface area (Å²) in [7, 11) is 0. The SMILES string of the molecule is O=[N+]([O-])c1cccc2cc(N=Cc3ccc(N(CCCl)CCCl)cc3)ccc12. The lowest BCUT2D eigenvalue weighted by molar-refractivity contribution is -0.383. The van der Waals surface area contributed by atoms with Crippen molar-refractivity contribution >= 4 is 57.3 Å². The van der Waals surface area contributed by atoms with Crippen LogP contribution in [0.15, 0.2) is 65.7 Å². The number of benzene rings is 3. The van der Waals surface area contributed by atoms with Gasteiger partial charge in [0.2, 0.25) is 0 Å². The van der Waals surface area contributed by atoms with Crippen LogP contribution in [0.5, 0.6) is 0 Å². The van der Waals surface area contributed by atoms with Gasteiger partial charge in [-0.25, -0.2) is 0 Å². The fourth-order valence-corrected chi connectivity index (χ4v) is 3.40. The van der Waals surface area contributed by atoms with Crippen molar-refractivity contribution in [2.24, 2.45) is 4.99 Å². The standard InChI is InChI=1S/C21H19Cl2N3O2/c22-10-12-25(13-11-23)19-7-4-16(5-8-19)15-24-18-6-9-20-17(14-18)2-1-3-21(20)26(27)28/h1-9,14-15H,10-13H2. The van der Waals surface area contributed by atoms with Crippen LogP contribution in [0, 0.1) is 10.1 Å². The van der Waals surface area contributed by atoms with Crippen molar-refractivity contribution in [1.82, 2.24) is 0 Å². The molecule has 0 N–H and O–H groups in total. The third-order valence-electron chi connectivity index (χ3n) is 4.37. The molecule has 0 fully saturated rings. The zero-order valence-electron chi connectivity index (χ0n) is 15.1. The van der Waals surface area contributed by atoms with E-state index in [0.29, 0.717) is 17.1 Å². The van der Waals surface area contributed by atoms with Crippen molar-refractivity contribution in [3.63, 3.8) is 0 Å². The number of halogens is 2. The number of alkyl halides is 2. The maximum atomic E-state index is 11.1. The Hall–Kier alpha value is -2.63. The van der Waals surface area contributed by atoms with Gasteiger partial charge < -0.3 is 4.90 Å². The molecule has 5 nitrogen and oxygen atoms in total. The molecule has 144 valence electrons. The van der Waals surface area contributed by atoms with Crippen LogP contribution in [0.2, 0.25) is 0 Å². The zero-order valence-corrected chi connectivity index (χ0v) is 16.6. The van der Waals surface area contributed by atoms with Crippen LogP contribution in [0.4, 0.5) is 17.1 Å². The van der Waals surface area contributed by atoms with E-state index in [4.69, 9.17) is 23.2 Å². The molecule has 0 radical (unpaired) electrons. The maximum Gasteiger partial charge on any atom is 0.277 e. The number of non-ortho nitro benzene ring substituents is 1. The van der Waals surface area contributed by atoms with Gasteiger partial charge in [0, 0.05) is 42.8 Å². The molecule has 0 aromatic heterocycles. The van der Waals surface area contributed by atoms with E-state index >= 15 is 0 Å². The number of nitro groups is 1. The molecule has 3 aromatic carbocycles. The highest BCUT2D eigenvalue weighted by Gasteiger charge is 2.10. The highest BCUT2D eigenvalue weighted by Crippen LogP contribution is 2.28. The number of aliphatic imine (C=N–C) groups is 1. The molecule has 7 heteroatoms. The van der Waals surface area contributed by atoms with Crippen molar-refractivity contribution in [3.05, 3.63) is 76.3 Å². The minimum Gasteiger partial charge on any atom is -0.369 e. The van der Waals surface area contributed by atoms with Gasteiger partial charge >= 0.3 is 0 Å². The van der Waals surface area contributed by atoms with Crippen molar-refractivity contribution in [2.75, 3.05) is 29.7 Å². The minimum atomic E-state index is -0.370. The molecule has 0 heterocycles. The van der Waals surface area contributed by atoms with Gasteiger partial charge in [-0.1, -0.05) is 24.3 Å². The second kappa shape index (κ2) is 9.53. The average Bonchev–Trinajstić information content (AvgIpc) is 2.71. The Bertz CT molecular complexity index is 985. The number of rotatable bonds is 8. The number of fused-ring (bicyclic) bond motifs is 1. The molecular weight excluding hydrogens is 397 g/mol. The minimum absolute atomic E-state index is 0.0991. The monoisotopic (exact) mass is 415 g/mol. The molecule has 3 aromatic rings. The third-order valence-corrected chi connectivity index (χ3v) is 4.71. The first kappa shape index (κ1) is 20.1. The quantitative estimate of drug-likeness (QED) is 0.202. The largest absolute Gasteiger partial charge is 0.369 e. The molecule has 0 saturated heterocycles. The molecule has 0 atom stereocenters. The molecule has 0 aliphatic carbocycles. The summed E-state index contributed by atoms with van der Waals surface area (Å²) in [6.07, 6.45) is 1.77. The van der Waals surface area contributed by atoms with Gasteiger partial charge in [0.15, 0.2) is 0 Å². The van der Waals surface area contributed by atoms with E-state index in [9.17, 15) is 10.1 Å². The summed E-state index contributed by atoms with van der Waals surface area (Å²) in [4.78, 5) is 17.4. The summed E-state index contributed by atoms with van der Waals surface area (Å²) < 4.78 is 0. The lowest BCUT2D eigenvalue weighted by atomic mass is 10.1. The lowest BCUT2D eigenvalue weighted by Gasteiger charge is -2.22. The van der Waals surface area contributed by atoms with Gasteiger partial charge in [0.05, 0.1) is 16.0 Å². The first-order chi connectivity index (χ1) is 13.6. The average molecular weight is 416 g/mol. The van der Waals surface area contributed by atoms with Crippen LogP contribution >= 0.6 is 23.2 Å². The van der Waals surface area contributed by atoms with Crippen LogP contribution in [-0.4, -0.2) is 36.0 Å². The molecule has 0 bridgehead atoms. The molecule has 0 aliphatic heterocycles. The van der Waals surface area contributed by atoms with E-state index in [-0.39, 0.29) is 10.6 Å². The summed E-state index contributed by atoms with van der Waals surface area (Å²) in [5.74, 6) is 1.08. The Morgan fingerprint density at radius 3 is 2.36 bits per heavy atom. The molecule has 0 amide bonds. The summed E-state index contributed by atoms with van der Waals surface area (Å²) >= 11 is 11.7. The summed E-state index contributed by atoms with van der Waals surface area (Å²) in [5.41, 5.74) is 2.86. The van der Waals surface area contributed by atoms with Crippen LogP contribution in [0.3, 0.4) is 0 Å². The van der Waals surface area contributed by atoms with Gasteiger partial charge in [-0.3, -0.25) is 15.1 Å². The Balaban J connectivity index is 1.79. The number of nitrogens with zero attached hydrogens (tertiary/aromatic N) is 3. The third kappa shape index (κ3) is 4.80. The summed E-state index contributed by atoms with van der Waals surface area (Å²) in [6, 6.07) is 18.4. The molecule has 0 spiro atoms. The van der Waals surface area contributed by atoms with E-state index in [1.54, 1.807) is 24.4 Å². The van der Waals surface area contributed by atoms with E-state index in [2.05, 4.69) is 9.89 Å². The van der Waals surface area contributed by atoms with Crippen LogP contribution < -0.4 is 4.90 Å². The molecule has 28 heavy (non-hydrogen) atoms. The molecule has 0 saturated carbocycles. The van der Waals surface area contributed by atoms with Gasteiger partial charge in [-0.05, 0) is 41.3 Å². The number of hydrogen-bond donors (Lipinski definition) is 0. The van der Waals surface area contributed by atoms with Crippen molar-refractivity contribution in [2.45, 2.75) is 0 Å². The predicted molar refractivity (Wildman–Crippen MR) is 118 cm³/mol. The van der Waals surface area contributed by atoms with Gasteiger partial charge in [0.1, 0.15) is 0 Å². The first-order valence-corrected chi connectivity index (χ1v) is 9.87. The fraction of sp³-hybridized carbons (Fsp3) is 0.190. The van der Waals surface area contributed by atoms with Gasteiger partial charge in [0.25, 0.3) is 5.69 Å². The maximum absolute atomic E-state index is 11.1. The van der Waals surface area contributed by atoms with Crippen LogP contribution in [0.1, 0.15) is 5.56 Å². The lowest BCUT2D eigenvalue weighted by Crippen LogP contribution is -2.27. The smallest absolute Gasteiger partial charge is 0.277 e. The fourth-order valence-electron chi connectivity index (χ4n) is 2.99. The molecule has 3 rings (SSSR count). The number of anilines is 1. The number of hydrogen-bond acceptors (Lipinski definition) is 4.